The summed E-state index contributed by atoms with van der Waals surface area (Å²) < 4.78 is 0. The minimum absolute atomic E-state index is 0.434. The molecular weight excluding hydrogens is 3470 g/mol. The van der Waals surface area contributed by atoms with Gasteiger partial charge < -0.3 is 0 Å². The molecule has 0 N–H and O–H groups in total. The Morgan fingerprint density at radius 1 is 0.0536 bits per heavy atom. The van der Waals surface area contributed by atoms with Gasteiger partial charge in [0.2, 0.25) is 0 Å². The van der Waals surface area contributed by atoms with Gasteiger partial charge in [-0.1, -0.05) is 0 Å². The number of hydrogen-bond acceptors (Lipinski definition) is 0. The summed E-state index contributed by atoms with van der Waals surface area (Å²) in [5.41, 5.74) is 0. The maximum absolute atomic E-state index is 4.04. The summed E-state index contributed by atoms with van der Waals surface area (Å²) in [5.74, 6) is 0. The van der Waals surface area contributed by atoms with Crippen molar-refractivity contribution in [1.82, 2.24) is 0 Å². The van der Waals surface area contributed by atoms with Crippen molar-refractivity contribution in [2.24, 2.45) is 0 Å². The zero-order valence-corrected chi connectivity index (χ0v) is 173. The molecule has 0 amide bonds. The molecule has 112 heteroatoms. The van der Waals surface area contributed by atoms with E-state index >= 15 is 0 Å². The molecule has 61 unspecified atom stereocenters. The van der Waals surface area contributed by atoms with E-state index in [0.717, 1.165) is 0 Å². The first kappa shape index (κ1) is 160. The van der Waals surface area contributed by atoms with Crippen LogP contribution in [0.5, 0.6) is 0 Å². The number of hydrogen-bond donors (Lipinski definition) is 0. The smallest absolute Gasteiger partial charge is 0.000000195 e. The van der Waals surface area contributed by atoms with Gasteiger partial charge in [0.25, 0.3) is 0 Å². The van der Waals surface area contributed by atoms with Crippen LogP contribution < -0.4 is 0 Å². The van der Waals surface area contributed by atoms with Crippen molar-refractivity contribution in [2.45, 2.75) is 0 Å². The van der Waals surface area contributed by atoms with Gasteiger partial charge in [-0.2, -0.15) is 0 Å². The second-order valence-corrected chi connectivity index (χ2v) is 484. The van der Waals surface area contributed by atoms with E-state index in [4.69, 9.17) is 0 Å². The molecular formula is H114P112. The van der Waals surface area contributed by atoms with Crippen molar-refractivity contribution < 1.29 is 0 Å². The number of rotatable bonds is 54. The zero-order chi connectivity index (χ0) is 88.8. The van der Waals surface area contributed by atoms with Crippen LogP contribution >= 0.6 is 893 Å². The van der Waals surface area contributed by atoms with Crippen molar-refractivity contribution in [3.63, 3.8) is 0 Å². The highest BCUT2D eigenvalue weighted by atomic mass is 33.7. The standard InChI is InChI=1S/H114P112/c1-58(2)86(57)100(85(55)56)107(99(83(51)52)84(53)54)111(108(101(87(59(3)4)60(5)6)88(61(7)8)62(9)10)102(89(63(11)12)64(13)14)90(65(15)16)66(17)18)112(109(103(91(67(19)20)68(21)22)92(69(23)24)70(25)26)104(93(71(27)28)72(29)30)94(73(31)32)74(33)34)110(105(95(75(35)36)76(37)38)96(77(39)40)78(41)42)106(97(79(43)44)80(45)46)98(81(47)48)82(49)50/h1-57H2. The molecule has 674 valence electrons. The second-order valence-electron chi connectivity index (χ2n) is 17.9. The van der Waals surface area contributed by atoms with Gasteiger partial charge in [-0.25, -0.2) is 0 Å². The minimum Gasteiger partial charge on any atom is -0.102 e. The van der Waals surface area contributed by atoms with E-state index in [1.54, 1.807) is 0 Å². The largest absolute Gasteiger partial charge is 0.102 e. The lowest BCUT2D eigenvalue weighted by Crippen LogP contribution is -1.78. The summed E-state index contributed by atoms with van der Waals surface area (Å²) in [5, 5.41) is 0. The van der Waals surface area contributed by atoms with E-state index < -0.39 is 384 Å². The van der Waals surface area contributed by atoms with Crippen molar-refractivity contribution in [2.75, 3.05) is 0 Å². The van der Waals surface area contributed by atoms with Crippen LogP contribution in [0.25, 0.3) is 0 Å². The van der Waals surface area contributed by atoms with Gasteiger partial charge in [-0.3, -0.25) is 0 Å². The van der Waals surface area contributed by atoms with E-state index in [1.807, 2.05) is 0 Å². The molecule has 61 atom stereocenters. The Balaban J connectivity index is 15.8. The molecule has 0 saturated heterocycles. The molecule has 0 aromatic rings. The fourth-order valence-electron chi connectivity index (χ4n) is 6.90. The van der Waals surface area contributed by atoms with Crippen LogP contribution in [0.15, 0.2) is 0 Å². The van der Waals surface area contributed by atoms with Crippen LogP contribution in [0.2, 0.25) is 0 Å². The average molecular weight is 3580 g/mol. The topological polar surface area (TPSA) is 0 Å². The molecule has 0 nitrogen and oxygen atoms in total. The second kappa shape index (κ2) is 87.6. The van der Waals surface area contributed by atoms with Gasteiger partial charge in [-0.05, 0) is 384 Å². The van der Waals surface area contributed by atoms with Gasteiger partial charge in [-0.15, -0.1) is 509 Å². The molecule has 0 aromatic heterocycles. The van der Waals surface area contributed by atoms with Crippen molar-refractivity contribution in [1.29, 1.82) is 0 Å². The highest BCUT2D eigenvalue weighted by Crippen LogP contribution is 3.56. The molecule has 0 spiro atoms. The third-order valence-electron chi connectivity index (χ3n) is 10.00. The Bertz CT molecular complexity index is 1930. The molecule has 112 heavy (non-hydrogen) atoms. The van der Waals surface area contributed by atoms with Gasteiger partial charge in [0.15, 0.2) is 0 Å². The Kier molecular flexibility index (Phi) is 125. The summed E-state index contributed by atoms with van der Waals surface area (Å²) in [4.78, 5) is 0. The molecule has 0 aliphatic heterocycles. The predicted octanol–water partition coefficient (Wildman–Crippen LogP) is 65.9. The molecule has 0 aliphatic rings. The van der Waals surface area contributed by atoms with Crippen LogP contribution in [-0.4, -0.2) is 0 Å². The summed E-state index contributed by atoms with van der Waals surface area (Å²) >= 11 is 0. The van der Waals surface area contributed by atoms with Gasteiger partial charge >= 0.3 is 0 Å². The normalized spacial score (nSPS) is 15.8. The Hall–Kier alpha value is 48.2. The first-order valence-electron chi connectivity index (χ1n) is 25.5. The molecule has 0 aliphatic carbocycles. The van der Waals surface area contributed by atoms with Crippen molar-refractivity contribution in [3.05, 3.63) is 0 Å². The monoisotopic (exact) mass is 3580 g/mol. The Morgan fingerprint density at radius 2 is 0.107 bits per heavy atom. The molecule has 0 rings (SSSR count). The van der Waals surface area contributed by atoms with E-state index in [9.17, 15) is 0 Å². The third-order valence-corrected chi connectivity index (χ3v) is 810. The predicted molar refractivity (Wildman–Crippen MR) is 934 cm³/mol. The molecule has 0 radical (unpaired) electrons. The first-order chi connectivity index (χ1) is 50.9. The maximum Gasteiger partial charge on any atom is -0.000000195 e. The molecule has 0 bridgehead atoms. The van der Waals surface area contributed by atoms with Gasteiger partial charge in [0.05, 0.1) is 0 Å². The summed E-state index contributed by atoms with van der Waals surface area (Å²) in [6.45, 7) is -28.3. The zero-order valence-electron chi connectivity index (χ0n) is 57.5. The summed E-state index contributed by atoms with van der Waals surface area (Å²) in [7, 11) is 220. The highest BCUT2D eigenvalue weighted by Gasteiger charge is 2.69. The van der Waals surface area contributed by atoms with Crippen LogP contribution in [0.4, 0.5) is 0 Å². The fourth-order valence-corrected chi connectivity index (χ4v) is 1680. The third kappa shape index (κ3) is 56.0. The van der Waals surface area contributed by atoms with Crippen molar-refractivity contribution >= 4 is 893 Å². The lowest BCUT2D eigenvalue weighted by atomic mass is 28.3. The Morgan fingerprint density at radius 3 is 0.161 bits per heavy atom. The summed E-state index contributed by atoms with van der Waals surface area (Å²) in [6, 6.07) is 0. The maximum atomic E-state index is 4.04. The lowest BCUT2D eigenvalue weighted by molar-refractivity contribution is 4.28. The van der Waals surface area contributed by atoms with E-state index in [2.05, 4.69) is 509 Å². The van der Waals surface area contributed by atoms with Crippen LogP contribution in [0, 0.1) is 0 Å². The van der Waals surface area contributed by atoms with E-state index in [-0.39, 0.29) is 0 Å². The average Bonchev–Trinajstić information content (AvgIpc) is 0.704. The molecule has 0 heterocycles. The highest BCUT2D eigenvalue weighted by molar-refractivity contribution is 9.62. The first-order valence-corrected chi connectivity index (χ1v) is 230. The lowest BCUT2D eigenvalue weighted by Gasteiger charge is -2.65. The van der Waals surface area contributed by atoms with Crippen LogP contribution in [0.3, 0.4) is 0 Å². The van der Waals surface area contributed by atoms with Crippen molar-refractivity contribution in [3.8, 4) is 0 Å². The SMILES string of the molecule is PP(P)P(P)P(P(P)P)P(P(P(P)P)P(P)P)P(P(P(P(P(P)P)P(P)P)P(P(P)P)P(P)P)P(P(P(P)P)P(P)P)P(P(P)P)P(P)P)P(P(P(P(P(P)P)P(P)P)P(P(P)P)P(P)P)P(P(P(P)P)P(P)P)P(P(P)P)P(P)P)P(P(P(P(P)P)P(P)P)P(P(P)P)P(P)P)P(P(P(P)P)P(P)P)P(P(P)P)P(P)P. The van der Waals surface area contributed by atoms with Crippen LogP contribution in [-0.2, 0) is 0 Å². The van der Waals surface area contributed by atoms with Gasteiger partial charge in [0, 0.05) is 0 Å². The van der Waals surface area contributed by atoms with Gasteiger partial charge in [0.1, 0.15) is 0 Å². The summed E-state index contributed by atoms with van der Waals surface area (Å²) in [6.07, 6.45) is 0. The molecule has 0 aromatic carbocycles. The Labute approximate surface area is 878 Å². The fraction of sp³-hybridized carbons (Fsp3) is 0. The molecule has 0 fully saturated rings. The molecule has 0 saturated carbocycles. The van der Waals surface area contributed by atoms with E-state index in [1.165, 1.54) is 0 Å². The van der Waals surface area contributed by atoms with Crippen LogP contribution in [0.1, 0.15) is 0 Å². The minimum atomic E-state index is -0.753. The van der Waals surface area contributed by atoms with E-state index in [0.29, 0.717) is 0 Å². The quantitative estimate of drug-likeness (QED) is 0.0533.